The van der Waals surface area contributed by atoms with E-state index in [4.69, 9.17) is 0 Å². The second kappa shape index (κ2) is 4.43. The van der Waals surface area contributed by atoms with E-state index in [2.05, 4.69) is 15.6 Å². The van der Waals surface area contributed by atoms with Crippen LogP contribution in [-0.4, -0.2) is 30.0 Å². The first kappa shape index (κ1) is 10.7. The van der Waals surface area contributed by atoms with Crippen molar-refractivity contribution in [3.8, 4) is 0 Å². The Morgan fingerprint density at radius 2 is 2.47 bits per heavy atom. The summed E-state index contributed by atoms with van der Waals surface area (Å²) in [5.74, 6) is 0.00833. The third-order valence-corrected chi connectivity index (χ3v) is 3.78. The van der Waals surface area contributed by atoms with Gasteiger partial charge in [0.05, 0.1) is 15.7 Å². The van der Waals surface area contributed by atoms with Crippen LogP contribution in [0.3, 0.4) is 0 Å². The lowest BCUT2D eigenvalue weighted by molar-refractivity contribution is 0.0940. The maximum atomic E-state index is 12.0. The van der Waals surface area contributed by atoms with Crippen LogP contribution in [0, 0.1) is 0 Å². The number of carbonyl (C=O) groups is 1. The largest absolute Gasteiger partial charge is 0.348 e. The summed E-state index contributed by atoms with van der Waals surface area (Å²) in [6.45, 7) is 1.85. The van der Waals surface area contributed by atoms with Gasteiger partial charge in [-0.1, -0.05) is 0 Å². The monoisotopic (exact) mass is 247 g/mol. The van der Waals surface area contributed by atoms with Gasteiger partial charge >= 0.3 is 0 Å². The van der Waals surface area contributed by atoms with E-state index in [0.717, 1.165) is 29.7 Å². The highest BCUT2D eigenvalue weighted by atomic mass is 32.1. The third kappa shape index (κ3) is 2.16. The summed E-state index contributed by atoms with van der Waals surface area (Å²) in [6.07, 6.45) is 1.01. The number of carbonyl (C=O) groups excluding carboxylic acids is 1. The second-order valence-corrected chi connectivity index (χ2v) is 5.08. The van der Waals surface area contributed by atoms with E-state index in [1.54, 1.807) is 16.8 Å². The highest BCUT2D eigenvalue weighted by molar-refractivity contribution is 7.16. The Morgan fingerprint density at radius 1 is 1.53 bits per heavy atom. The maximum absolute atomic E-state index is 12.0. The van der Waals surface area contributed by atoms with Crippen LogP contribution in [0.5, 0.6) is 0 Å². The summed E-state index contributed by atoms with van der Waals surface area (Å²) in [5.41, 5.74) is 3.47. The average Bonchev–Trinajstić information content (AvgIpc) is 2.97. The lowest BCUT2D eigenvalue weighted by Gasteiger charge is -2.11. The summed E-state index contributed by atoms with van der Waals surface area (Å²) < 4.78 is 1.06. The van der Waals surface area contributed by atoms with Gasteiger partial charge in [0.15, 0.2) is 0 Å². The lowest BCUT2D eigenvalue weighted by atomic mass is 10.2. The molecule has 1 unspecified atom stereocenters. The molecule has 2 heterocycles. The standard InChI is InChI=1S/C12H13N3OS/c16-12(15-9-3-4-13-6-9)8-1-2-10-11(5-8)17-7-14-10/h1-2,5,7,9,13H,3-4,6H2,(H,15,16). The first-order valence-electron chi connectivity index (χ1n) is 5.68. The van der Waals surface area contributed by atoms with Gasteiger partial charge in [-0.15, -0.1) is 11.3 Å². The molecule has 1 aromatic heterocycles. The predicted molar refractivity (Wildman–Crippen MR) is 68.4 cm³/mol. The molecule has 1 saturated heterocycles. The molecule has 1 amide bonds. The highest BCUT2D eigenvalue weighted by Gasteiger charge is 2.17. The molecule has 2 N–H and O–H groups in total. The van der Waals surface area contributed by atoms with E-state index in [-0.39, 0.29) is 11.9 Å². The molecule has 88 valence electrons. The van der Waals surface area contributed by atoms with Crippen LogP contribution in [0.4, 0.5) is 0 Å². The number of benzene rings is 1. The summed E-state index contributed by atoms with van der Waals surface area (Å²) in [6, 6.07) is 5.90. The molecule has 0 radical (unpaired) electrons. The number of aromatic nitrogens is 1. The van der Waals surface area contributed by atoms with Gasteiger partial charge in [-0.05, 0) is 31.2 Å². The van der Waals surface area contributed by atoms with E-state index in [9.17, 15) is 4.79 Å². The number of nitrogens with one attached hydrogen (secondary N) is 2. The van der Waals surface area contributed by atoms with Gasteiger partial charge in [-0.2, -0.15) is 0 Å². The molecule has 0 bridgehead atoms. The zero-order chi connectivity index (χ0) is 11.7. The fourth-order valence-corrected chi connectivity index (χ4v) is 2.76. The van der Waals surface area contributed by atoms with E-state index in [0.29, 0.717) is 5.56 Å². The van der Waals surface area contributed by atoms with Crippen molar-refractivity contribution in [3.05, 3.63) is 29.3 Å². The van der Waals surface area contributed by atoms with Gasteiger partial charge in [-0.25, -0.2) is 4.98 Å². The van der Waals surface area contributed by atoms with Crippen LogP contribution in [0.2, 0.25) is 0 Å². The molecule has 1 fully saturated rings. The molecular formula is C12H13N3OS. The number of hydrogen-bond acceptors (Lipinski definition) is 4. The molecule has 0 spiro atoms. The molecule has 2 aromatic rings. The molecule has 4 nitrogen and oxygen atoms in total. The molecule has 5 heteroatoms. The Balaban J connectivity index is 1.79. The Kier molecular flexibility index (Phi) is 2.78. The number of hydrogen-bond donors (Lipinski definition) is 2. The summed E-state index contributed by atoms with van der Waals surface area (Å²) in [5, 5.41) is 6.27. The van der Waals surface area contributed by atoms with Crippen molar-refractivity contribution < 1.29 is 4.79 Å². The molecule has 3 rings (SSSR count). The molecule has 17 heavy (non-hydrogen) atoms. The first-order chi connectivity index (χ1) is 8.33. The van der Waals surface area contributed by atoms with Crippen LogP contribution in [0.15, 0.2) is 23.7 Å². The number of nitrogens with zero attached hydrogens (tertiary/aromatic N) is 1. The third-order valence-electron chi connectivity index (χ3n) is 2.99. The summed E-state index contributed by atoms with van der Waals surface area (Å²) in [7, 11) is 0. The summed E-state index contributed by atoms with van der Waals surface area (Å²) >= 11 is 1.56. The molecular weight excluding hydrogens is 234 g/mol. The van der Waals surface area contributed by atoms with Crippen molar-refractivity contribution in [3.63, 3.8) is 0 Å². The normalized spacial score (nSPS) is 19.6. The van der Waals surface area contributed by atoms with Crippen LogP contribution >= 0.6 is 11.3 Å². The minimum absolute atomic E-state index is 0.00833. The second-order valence-electron chi connectivity index (χ2n) is 4.20. The highest BCUT2D eigenvalue weighted by Crippen LogP contribution is 2.19. The SMILES string of the molecule is O=C(NC1CCNC1)c1ccc2ncsc2c1. The molecule has 0 saturated carbocycles. The van der Waals surface area contributed by atoms with Gasteiger partial charge in [0.25, 0.3) is 5.91 Å². The van der Waals surface area contributed by atoms with Crippen molar-refractivity contribution in [2.24, 2.45) is 0 Å². The predicted octanol–water partition coefficient (Wildman–Crippen LogP) is 1.39. The number of rotatable bonds is 2. The minimum Gasteiger partial charge on any atom is -0.348 e. The van der Waals surface area contributed by atoms with Crippen molar-refractivity contribution in [2.45, 2.75) is 12.5 Å². The van der Waals surface area contributed by atoms with Gasteiger partial charge in [0.2, 0.25) is 0 Å². The van der Waals surface area contributed by atoms with Gasteiger partial charge in [0, 0.05) is 18.2 Å². The Labute approximate surface area is 103 Å². The van der Waals surface area contributed by atoms with Gasteiger partial charge in [-0.3, -0.25) is 4.79 Å². The minimum atomic E-state index is 0.00833. The van der Waals surface area contributed by atoms with Crippen molar-refractivity contribution >= 4 is 27.5 Å². The smallest absolute Gasteiger partial charge is 0.251 e. The maximum Gasteiger partial charge on any atom is 0.251 e. The zero-order valence-corrected chi connectivity index (χ0v) is 10.1. The van der Waals surface area contributed by atoms with Crippen LogP contribution in [0.1, 0.15) is 16.8 Å². The van der Waals surface area contributed by atoms with E-state index < -0.39 is 0 Å². The van der Waals surface area contributed by atoms with E-state index in [1.807, 2.05) is 18.2 Å². The molecule has 1 aliphatic heterocycles. The van der Waals surface area contributed by atoms with Gasteiger partial charge < -0.3 is 10.6 Å². The van der Waals surface area contributed by atoms with Crippen LogP contribution < -0.4 is 10.6 Å². The Hall–Kier alpha value is -1.46. The lowest BCUT2D eigenvalue weighted by Crippen LogP contribution is -2.36. The average molecular weight is 247 g/mol. The Morgan fingerprint density at radius 3 is 3.29 bits per heavy atom. The van der Waals surface area contributed by atoms with Crippen LogP contribution in [-0.2, 0) is 0 Å². The molecule has 1 aliphatic rings. The fourth-order valence-electron chi connectivity index (χ4n) is 2.04. The zero-order valence-electron chi connectivity index (χ0n) is 9.27. The number of fused-ring (bicyclic) bond motifs is 1. The summed E-state index contributed by atoms with van der Waals surface area (Å²) in [4.78, 5) is 16.2. The van der Waals surface area contributed by atoms with Crippen molar-refractivity contribution in [2.75, 3.05) is 13.1 Å². The molecule has 0 aliphatic carbocycles. The first-order valence-corrected chi connectivity index (χ1v) is 6.56. The molecule has 1 atom stereocenters. The molecule has 1 aromatic carbocycles. The van der Waals surface area contributed by atoms with Gasteiger partial charge in [0.1, 0.15) is 0 Å². The van der Waals surface area contributed by atoms with E-state index >= 15 is 0 Å². The fraction of sp³-hybridized carbons (Fsp3) is 0.333. The number of amides is 1. The Bertz CT molecular complexity index is 545. The topological polar surface area (TPSA) is 54.0 Å². The van der Waals surface area contributed by atoms with Crippen LogP contribution in [0.25, 0.3) is 10.2 Å². The van der Waals surface area contributed by atoms with E-state index in [1.165, 1.54) is 0 Å². The van der Waals surface area contributed by atoms with Crippen molar-refractivity contribution in [1.82, 2.24) is 15.6 Å². The van der Waals surface area contributed by atoms with Crippen molar-refractivity contribution in [1.29, 1.82) is 0 Å². The quantitative estimate of drug-likeness (QED) is 0.843. The number of thiazole rings is 1.